The standard InChI is InChI=1S/C10H10N2O3S/c11-10-12-8(7-16(10,13)14)6-15-9-4-2-1-3-5-9/h1-5,7H,6H2,(H2,11,12). The number of nitrogens with two attached hydrogens (primary N) is 1. The first-order chi connectivity index (χ1) is 7.58. The van der Waals surface area contributed by atoms with Crippen molar-refractivity contribution in [2.24, 2.45) is 10.7 Å². The van der Waals surface area contributed by atoms with Gasteiger partial charge in [0.2, 0.25) is 15.0 Å². The molecule has 5 nitrogen and oxygen atoms in total. The second kappa shape index (κ2) is 3.97. The smallest absolute Gasteiger partial charge is 0.234 e. The zero-order valence-corrected chi connectivity index (χ0v) is 9.15. The van der Waals surface area contributed by atoms with Crippen molar-refractivity contribution in [1.82, 2.24) is 0 Å². The molecule has 1 aromatic rings. The molecular weight excluding hydrogens is 228 g/mol. The maximum Gasteiger partial charge on any atom is 0.234 e. The van der Waals surface area contributed by atoms with E-state index in [1.165, 1.54) is 0 Å². The van der Waals surface area contributed by atoms with Gasteiger partial charge in [-0.15, -0.1) is 0 Å². The van der Waals surface area contributed by atoms with Crippen LogP contribution in [0.4, 0.5) is 0 Å². The Bertz CT molecular complexity index is 547. The van der Waals surface area contributed by atoms with E-state index < -0.39 is 9.84 Å². The topological polar surface area (TPSA) is 81.8 Å². The van der Waals surface area contributed by atoms with E-state index in [9.17, 15) is 8.42 Å². The van der Waals surface area contributed by atoms with Crippen molar-refractivity contribution in [3.05, 3.63) is 41.4 Å². The van der Waals surface area contributed by atoms with Gasteiger partial charge in [0.05, 0.1) is 11.1 Å². The summed E-state index contributed by atoms with van der Waals surface area (Å²) in [6.45, 7) is 0.0872. The number of nitrogens with zero attached hydrogens (tertiary/aromatic N) is 1. The summed E-state index contributed by atoms with van der Waals surface area (Å²) < 4.78 is 27.7. The quantitative estimate of drug-likeness (QED) is 0.838. The molecule has 2 N–H and O–H groups in total. The molecule has 84 valence electrons. The predicted molar refractivity (Wildman–Crippen MR) is 60.6 cm³/mol. The van der Waals surface area contributed by atoms with Gasteiger partial charge >= 0.3 is 0 Å². The van der Waals surface area contributed by atoms with Crippen LogP contribution in [0.3, 0.4) is 0 Å². The Balaban J connectivity index is 2.04. The van der Waals surface area contributed by atoms with Crippen molar-refractivity contribution in [3.63, 3.8) is 0 Å². The monoisotopic (exact) mass is 238 g/mol. The van der Waals surface area contributed by atoms with Crippen molar-refractivity contribution in [2.45, 2.75) is 0 Å². The molecule has 16 heavy (non-hydrogen) atoms. The maximum atomic E-state index is 11.2. The van der Waals surface area contributed by atoms with Crippen LogP contribution >= 0.6 is 0 Å². The number of benzene rings is 1. The van der Waals surface area contributed by atoms with Crippen molar-refractivity contribution in [3.8, 4) is 5.75 Å². The summed E-state index contributed by atoms with van der Waals surface area (Å²) >= 11 is 0. The van der Waals surface area contributed by atoms with Crippen LogP contribution in [0.2, 0.25) is 0 Å². The summed E-state index contributed by atoms with van der Waals surface area (Å²) in [5.74, 6) is 0.654. The summed E-state index contributed by atoms with van der Waals surface area (Å²) in [6.07, 6.45) is 0. The Kier molecular flexibility index (Phi) is 2.66. The lowest BCUT2D eigenvalue weighted by Gasteiger charge is -2.03. The Morgan fingerprint density at radius 2 is 1.94 bits per heavy atom. The van der Waals surface area contributed by atoms with Crippen LogP contribution in [0.15, 0.2) is 46.4 Å². The summed E-state index contributed by atoms with van der Waals surface area (Å²) in [5, 5.41) is 0.643. The average Bonchev–Trinajstić information content (AvgIpc) is 2.52. The van der Waals surface area contributed by atoms with Crippen molar-refractivity contribution >= 4 is 15.0 Å². The van der Waals surface area contributed by atoms with Crippen LogP contribution in [0.1, 0.15) is 0 Å². The third kappa shape index (κ3) is 2.22. The molecule has 0 fully saturated rings. The predicted octanol–water partition coefficient (Wildman–Crippen LogP) is 0.650. The minimum atomic E-state index is -3.49. The van der Waals surface area contributed by atoms with E-state index in [2.05, 4.69) is 4.99 Å². The normalized spacial score (nSPS) is 17.8. The SMILES string of the molecule is NC1=NC(COc2ccccc2)=CS1(=O)=O. The molecule has 1 aromatic carbocycles. The third-order valence-corrected chi connectivity index (χ3v) is 3.22. The lowest BCUT2D eigenvalue weighted by molar-refractivity contribution is 0.351. The molecule has 0 saturated carbocycles. The van der Waals surface area contributed by atoms with E-state index in [1.807, 2.05) is 18.2 Å². The van der Waals surface area contributed by atoms with E-state index in [-0.39, 0.29) is 11.8 Å². The van der Waals surface area contributed by atoms with Crippen molar-refractivity contribution < 1.29 is 13.2 Å². The number of sulfone groups is 1. The van der Waals surface area contributed by atoms with E-state index >= 15 is 0 Å². The van der Waals surface area contributed by atoms with Crippen LogP contribution in [-0.4, -0.2) is 20.2 Å². The molecule has 6 heteroatoms. The number of hydrogen-bond donors (Lipinski definition) is 1. The summed E-state index contributed by atoms with van der Waals surface area (Å²) in [6, 6.07) is 9.07. The number of aliphatic imine (C=N–C) groups is 1. The number of rotatable bonds is 3. The highest BCUT2D eigenvalue weighted by atomic mass is 32.2. The maximum absolute atomic E-state index is 11.2. The van der Waals surface area contributed by atoms with Gasteiger partial charge in [-0.05, 0) is 12.1 Å². The highest BCUT2D eigenvalue weighted by Gasteiger charge is 2.21. The fraction of sp³-hybridized carbons (Fsp3) is 0.100. The Labute approximate surface area is 93.2 Å². The zero-order chi connectivity index (χ0) is 11.6. The molecule has 0 aliphatic carbocycles. The van der Waals surface area contributed by atoms with E-state index in [4.69, 9.17) is 10.5 Å². The molecule has 1 heterocycles. The molecule has 0 amide bonds. The van der Waals surface area contributed by atoms with Gasteiger partial charge in [-0.3, -0.25) is 0 Å². The summed E-state index contributed by atoms with van der Waals surface area (Å²) in [4.78, 5) is 3.70. The minimum Gasteiger partial charge on any atom is -0.487 e. The van der Waals surface area contributed by atoms with Crippen molar-refractivity contribution in [2.75, 3.05) is 6.61 Å². The van der Waals surface area contributed by atoms with Crippen LogP contribution < -0.4 is 10.5 Å². The molecule has 0 unspecified atom stereocenters. The largest absolute Gasteiger partial charge is 0.487 e. The molecule has 2 rings (SSSR count). The Hall–Kier alpha value is -1.82. The summed E-state index contributed by atoms with van der Waals surface area (Å²) in [5.41, 5.74) is 5.53. The van der Waals surface area contributed by atoms with Gasteiger partial charge in [-0.1, -0.05) is 18.2 Å². The average molecular weight is 238 g/mol. The number of amidine groups is 1. The van der Waals surface area contributed by atoms with Crippen molar-refractivity contribution in [1.29, 1.82) is 0 Å². The first kappa shape index (κ1) is 10.7. The molecule has 0 aromatic heterocycles. The zero-order valence-electron chi connectivity index (χ0n) is 8.33. The van der Waals surface area contributed by atoms with Gasteiger partial charge < -0.3 is 10.5 Å². The van der Waals surface area contributed by atoms with Gasteiger partial charge in [-0.2, -0.15) is 0 Å². The van der Waals surface area contributed by atoms with Gasteiger partial charge in [0.25, 0.3) is 0 Å². The molecule has 0 spiro atoms. The lowest BCUT2D eigenvalue weighted by atomic mass is 10.3. The highest BCUT2D eigenvalue weighted by molar-refractivity contribution is 8.09. The van der Waals surface area contributed by atoms with Gasteiger partial charge in [0.1, 0.15) is 12.4 Å². The third-order valence-electron chi connectivity index (χ3n) is 1.97. The van der Waals surface area contributed by atoms with Gasteiger partial charge in [0, 0.05) is 0 Å². The first-order valence-electron chi connectivity index (χ1n) is 4.55. The fourth-order valence-corrected chi connectivity index (χ4v) is 2.06. The lowest BCUT2D eigenvalue weighted by Crippen LogP contribution is -2.18. The Morgan fingerprint density at radius 3 is 2.50 bits per heavy atom. The minimum absolute atomic E-state index is 0.0872. The highest BCUT2D eigenvalue weighted by Crippen LogP contribution is 2.15. The van der Waals surface area contributed by atoms with Crippen LogP contribution in [0, 0.1) is 0 Å². The molecule has 0 saturated heterocycles. The van der Waals surface area contributed by atoms with Gasteiger partial charge in [-0.25, -0.2) is 13.4 Å². The Morgan fingerprint density at radius 1 is 1.25 bits per heavy atom. The summed E-state index contributed by atoms with van der Waals surface area (Å²) in [7, 11) is -3.49. The number of ether oxygens (including phenoxy) is 1. The first-order valence-corrected chi connectivity index (χ1v) is 6.10. The molecule has 0 radical (unpaired) electrons. The van der Waals surface area contributed by atoms with E-state index in [0.29, 0.717) is 11.4 Å². The van der Waals surface area contributed by atoms with Crippen LogP contribution in [0.25, 0.3) is 0 Å². The molecule has 0 bridgehead atoms. The number of para-hydroxylation sites is 1. The van der Waals surface area contributed by atoms with E-state index in [1.54, 1.807) is 12.1 Å². The molecule has 1 aliphatic heterocycles. The molecular formula is C10H10N2O3S. The number of hydrogen-bond acceptors (Lipinski definition) is 5. The van der Waals surface area contributed by atoms with Crippen LogP contribution in [0.5, 0.6) is 5.75 Å². The van der Waals surface area contributed by atoms with Gasteiger partial charge in [0.15, 0.2) is 0 Å². The second-order valence-corrected chi connectivity index (χ2v) is 4.95. The molecule has 1 aliphatic rings. The van der Waals surface area contributed by atoms with E-state index in [0.717, 1.165) is 5.41 Å². The fourth-order valence-electron chi connectivity index (χ4n) is 1.21. The second-order valence-electron chi connectivity index (χ2n) is 3.21. The molecule has 0 atom stereocenters. The van der Waals surface area contributed by atoms with Crippen LogP contribution in [-0.2, 0) is 9.84 Å².